The van der Waals surface area contributed by atoms with Crippen molar-refractivity contribution in [3.8, 4) is 33.5 Å². The van der Waals surface area contributed by atoms with Crippen molar-refractivity contribution in [1.29, 1.82) is 0 Å². The van der Waals surface area contributed by atoms with Gasteiger partial charge in [0.15, 0.2) is 0 Å². The lowest BCUT2D eigenvalue weighted by atomic mass is 9.90. The Morgan fingerprint density at radius 1 is 0.688 bits per heavy atom. The highest BCUT2D eigenvalue weighted by Crippen LogP contribution is 2.39. The molecule has 1 N–H and O–H groups in total. The molecule has 1 aromatic heterocycles. The van der Waals surface area contributed by atoms with E-state index >= 15 is 0 Å². The first kappa shape index (κ1) is 19.9. The number of fused-ring (bicyclic) bond motifs is 1. The van der Waals surface area contributed by atoms with Gasteiger partial charge < -0.3 is 5.11 Å². The van der Waals surface area contributed by atoms with Gasteiger partial charge in [-0.05, 0) is 21.9 Å². The summed E-state index contributed by atoms with van der Waals surface area (Å²) in [5.74, 6) is 0. The van der Waals surface area contributed by atoms with Crippen LogP contribution in [0.4, 0.5) is 0 Å². The van der Waals surface area contributed by atoms with Crippen LogP contribution >= 0.6 is 0 Å². The average Bonchev–Trinajstić information content (AvgIpc) is 2.86. The highest BCUT2D eigenvalue weighted by atomic mass is 16.3. The molecule has 0 saturated heterocycles. The molecule has 4 nitrogen and oxygen atoms in total. The SMILES string of the molecule is O=c1c(-c2cccc3ccccc23)c(-c2ccccc2)c(-c2ccccc2)nn1CCO. The summed E-state index contributed by atoms with van der Waals surface area (Å²) < 4.78 is 1.38. The van der Waals surface area contributed by atoms with E-state index in [1.807, 2.05) is 103 Å². The van der Waals surface area contributed by atoms with Gasteiger partial charge in [-0.1, -0.05) is 103 Å². The highest BCUT2D eigenvalue weighted by molar-refractivity contribution is 6.02. The van der Waals surface area contributed by atoms with Crippen molar-refractivity contribution in [3.05, 3.63) is 113 Å². The van der Waals surface area contributed by atoms with E-state index in [1.54, 1.807) is 0 Å². The largest absolute Gasteiger partial charge is 0.394 e. The molecule has 32 heavy (non-hydrogen) atoms. The molecule has 0 atom stereocenters. The normalized spacial score (nSPS) is 11.0. The summed E-state index contributed by atoms with van der Waals surface area (Å²) in [6.07, 6.45) is 0. The Balaban J connectivity index is 1.96. The first-order valence-corrected chi connectivity index (χ1v) is 10.6. The molecule has 4 aromatic carbocycles. The molecular weight excluding hydrogens is 396 g/mol. The zero-order chi connectivity index (χ0) is 21.9. The molecule has 0 bridgehead atoms. The molecular formula is C28H22N2O2. The molecule has 0 spiro atoms. The van der Waals surface area contributed by atoms with E-state index in [1.165, 1.54) is 4.68 Å². The van der Waals surface area contributed by atoms with Crippen LogP contribution in [0.5, 0.6) is 0 Å². The summed E-state index contributed by atoms with van der Waals surface area (Å²) in [4.78, 5) is 13.8. The number of aliphatic hydroxyl groups is 1. The predicted molar refractivity (Wildman–Crippen MR) is 129 cm³/mol. The van der Waals surface area contributed by atoms with Gasteiger partial charge in [-0.3, -0.25) is 4.79 Å². The summed E-state index contributed by atoms with van der Waals surface area (Å²) in [6.45, 7) is -0.0354. The Kier molecular flexibility index (Phi) is 5.36. The van der Waals surface area contributed by atoms with E-state index in [2.05, 4.69) is 0 Å². The summed E-state index contributed by atoms with van der Waals surface area (Å²) in [5.41, 5.74) is 4.59. The summed E-state index contributed by atoms with van der Waals surface area (Å²) in [5, 5.41) is 16.4. The third-order valence-electron chi connectivity index (χ3n) is 5.64. The fourth-order valence-electron chi connectivity index (χ4n) is 4.19. The van der Waals surface area contributed by atoms with Gasteiger partial charge in [-0.25, -0.2) is 4.68 Å². The van der Waals surface area contributed by atoms with Crippen LogP contribution < -0.4 is 5.56 Å². The minimum Gasteiger partial charge on any atom is -0.394 e. The van der Waals surface area contributed by atoms with Gasteiger partial charge in [-0.15, -0.1) is 0 Å². The van der Waals surface area contributed by atoms with Crippen LogP contribution in [0.25, 0.3) is 44.3 Å². The van der Waals surface area contributed by atoms with E-state index in [0.717, 1.165) is 33.0 Å². The van der Waals surface area contributed by atoms with Crippen LogP contribution in [-0.4, -0.2) is 21.5 Å². The van der Waals surface area contributed by atoms with Crippen molar-refractivity contribution in [1.82, 2.24) is 9.78 Å². The van der Waals surface area contributed by atoms with Crippen molar-refractivity contribution < 1.29 is 5.11 Å². The summed E-state index contributed by atoms with van der Waals surface area (Å²) in [7, 11) is 0. The number of hydrogen-bond acceptors (Lipinski definition) is 3. The van der Waals surface area contributed by atoms with E-state index < -0.39 is 0 Å². The summed E-state index contributed by atoms with van der Waals surface area (Å²) in [6, 6.07) is 33.9. The summed E-state index contributed by atoms with van der Waals surface area (Å²) >= 11 is 0. The van der Waals surface area contributed by atoms with Crippen LogP contribution in [0.3, 0.4) is 0 Å². The predicted octanol–water partition coefficient (Wildman–Crippen LogP) is 5.39. The average molecular weight is 418 g/mol. The lowest BCUT2D eigenvalue weighted by Crippen LogP contribution is -2.27. The fraction of sp³-hybridized carbons (Fsp3) is 0.0714. The standard InChI is InChI=1S/C28H22N2O2/c31-19-18-30-28(32)26(24-17-9-15-20-10-7-8-16-23(20)24)25(21-11-3-1-4-12-21)27(29-30)22-13-5-2-6-14-22/h1-17,31H,18-19H2. The lowest BCUT2D eigenvalue weighted by molar-refractivity contribution is 0.266. The Bertz CT molecular complexity index is 1440. The molecule has 0 unspecified atom stereocenters. The molecule has 156 valence electrons. The van der Waals surface area contributed by atoms with Gasteiger partial charge in [0.1, 0.15) is 0 Å². The molecule has 5 rings (SSSR count). The van der Waals surface area contributed by atoms with Gasteiger partial charge in [-0.2, -0.15) is 5.10 Å². The van der Waals surface area contributed by atoms with Gasteiger partial charge in [0.2, 0.25) is 0 Å². The maximum absolute atomic E-state index is 13.8. The van der Waals surface area contributed by atoms with Gasteiger partial charge in [0.25, 0.3) is 5.56 Å². The Morgan fingerprint density at radius 2 is 1.31 bits per heavy atom. The molecule has 0 radical (unpaired) electrons. The highest BCUT2D eigenvalue weighted by Gasteiger charge is 2.22. The molecule has 0 aliphatic rings. The second-order valence-electron chi connectivity index (χ2n) is 7.61. The van der Waals surface area contributed by atoms with Gasteiger partial charge in [0, 0.05) is 11.1 Å². The molecule has 0 fully saturated rings. The van der Waals surface area contributed by atoms with Crippen molar-refractivity contribution in [2.75, 3.05) is 6.61 Å². The number of aliphatic hydroxyl groups excluding tert-OH is 1. The molecule has 5 aromatic rings. The number of aromatic nitrogens is 2. The van der Waals surface area contributed by atoms with E-state index in [-0.39, 0.29) is 18.7 Å². The first-order chi connectivity index (χ1) is 15.8. The van der Waals surface area contributed by atoms with E-state index in [0.29, 0.717) is 11.3 Å². The minimum absolute atomic E-state index is 0.130. The molecule has 0 saturated carbocycles. The maximum Gasteiger partial charge on any atom is 0.275 e. The van der Waals surface area contributed by atoms with E-state index in [9.17, 15) is 9.90 Å². The lowest BCUT2D eigenvalue weighted by Gasteiger charge is -2.18. The van der Waals surface area contributed by atoms with Crippen LogP contribution in [0, 0.1) is 0 Å². The number of hydrogen-bond donors (Lipinski definition) is 1. The molecule has 0 amide bonds. The van der Waals surface area contributed by atoms with Crippen molar-refractivity contribution in [2.45, 2.75) is 6.54 Å². The topological polar surface area (TPSA) is 55.1 Å². The third-order valence-corrected chi connectivity index (χ3v) is 5.64. The molecule has 1 heterocycles. The van der Waals surface area contributed by atoms with Gasteiger partial charge in [0.05, 0.1) is 24.4 Å². The molecule has 0 aliphatic carbocycles. The minimum atomic E-state index is -0.214. The van der Waals surface area contributed by atoms with Crippen molar-refractivity contribution in [2.24, 2.45) is 0 Å². The Morgan fingerprint density at radius 3 is 2.03 bits per heavy atom. The quantitative estimate of drug-likeness (QED) is 0.416. The number of benzene rings is 4. The number of rotatable bonds is 5. The second-order valence-corrected chi connectivity index (χ2v) is 7.61. The van der Waals surface area contributed by atoms with Crippen LogP contribution in [-0.2, 0) is 6.54 Å². The Labute approximate surface area is 186 Å². The van der Waals surface area contributed by atoms with Gasteiger partial charge >= 0.3 is 0 Å². The van der Waals surface area contributed by atoms with Crippen molar-refractivity contribution in [3.63, 3.8) is 0 Å². The second kappa shape index (κ2) is 8.61. The smallest absolute Gasteiger partial charge is 0.275 e. The zero-order valence-corrected chi connectivity index (χ0v) is 17.5. The first-order valence-electron chi connectivity index (χ1n) is 10.6. The van der Waals surface area contributed by atoms with Crippen molar-refractivity contribution >= 4 is 10.8 Å². The van der Waals surface area contributed by atoms with E-state index in [4.69, 9.17) is 5.10 Å². The fourth-order valence-corrected chi connectivity index (χ4v) is 4.19. The van der Waals surface area contributed by atoms with Crippen LogP contribution in [0.2, 0.25) is 0 Å². The zero-order valence-electron chi connectivity index (χ0n) is 17.5. The van der Waals surface area contributed by atoms with Crippen LogP contribution in [0.1, 0.15) is 0 Å². The number of nitrogens with zero attached hydrogens (tertiary/aromatic N) is 2. The maximum atomic E-state index is 13.8. The molecule has 4 heteroatoms. The Hall–Kier alpha value is -4.02. The third kappa shape index (κ3) is 3.51. The molecule has 0 aliphatic heterocycles. The monoisotopic (exact) mass is 418 g/mol. The van der Waals surface area contributed by atoms with Crippen LogP contribution in [0.15, 0.2) is 108 Å².